The first kappa shape index (κ1) is 28.0. The van der Waals surface area contributed by atoms with Crippen molar-refractivity contribution in [2.24, 2.45) is 5.92 Å². The third kappa shape index (κ3) is 7.76. The van der Waals surface area contributed by atoms with Crippen LogP contribution < -0.4 is 4.74 Å². The predicted molar refractivity (Wildman–Crippen MR) is 137 cm³/mol. The van der Waals surface area contributed by atoms with Crippen LogP contribution in [0.4, 0.5) is 13.2 Å². The van der Waals surface area contributed by atoms with Crippen LogP contribution in [0.5, 0.6) is 5.75 Å². The number of benzene rings is 2. The molecule has 5 nitrogen and oxygen atoms in total. The predicted octanol–water partition coefficient (Wildman–Crippen LogP) is 6.26. The normalized spacial score (nSPS) is 19.6. The fraction of sp³-hybridized carbons (Fsp3) is 0.519. The minimum absolute atomic E-state index is 0.0519. The zero-order valence-electron chi connectivity index (χ0n) is 20.4. The number of carboxylic acid groups (broad SMARTS) is 1. The van der Waals surface area contributed by atoms with E-state index in [-0.39, 0.29) is 12.5 Å². The van der Waals surface area contributed by atoms with Crippen molar-refractivity contribution < 1.29 is 27.8 Å². The largest absolute Gasteiger partial charge is 0.490 e. The lowest BCUT2D eigenvalue weighted by Gasteiger charge is -2.39. The molecule has 0 amide bonds. The van der Waals surface area contributed by atoms with E-state index in [1.54, 1.807) is 18.2 Å². The van der Waals surface area contributed by atoms with Gasteiger partial charge < -0.3 is 14.7 Å². The van der Waals surface area contributed by atoms with E-state index in [9.17, 15) is 23.1 Å². The molecule has 2 aromatic carbocycles. The number of ether oxygens (including phenoxy) is 1. The van der Waals surface area contributed by atoms with E-state index in [2.05, 4.69) is 4.90 Å². The fourth-order valence-corrected chi connectivity index (χ4v) is 5.52. The topological polar surface area (TPSA) is 53.0 Å². The number of carboxylic acids is 1. The highest BCUT2D eigenvalue weighted by Crippen LogP contribution is 2.31. The Morgan fingerprint density at radius 1 is 1.00 bits per heavy atom. The highest BCUT2D eigenvalue weighted by molar-refractivity contribution is 6.42. The van der Waals surface area contributed by atoms with Crippen LogP contribution >= 0.6 is 23.2 Å². The van der Waals surface area contributed by atoms with Crippen LogP contribution in [0.3, 0.4) is 0 Å². The number of piperidine rings is 2. The Hall–Kier alpha value is -2.00. The summed E-state index contributed by atoms with van der Waals surface area (Å²) in [5, 5.41) is 10.8. The third-order valence-electron chi connectivity index (χ3n) is 7.30. The second kappa shape index (κ2) is 12.2. The monoisotopic (exact) mass is 558 g/mol. The number of halogens is 5. The zero-order chi connectivity index (χ0) is 26.6. The molecular formula is C27H31Cl2F3N2O3. The smallest absolute Gasteiger partial charge is 0.416 e. The lowest BCUT2D eigenvalue weighted by Crippen LogP contribution is -2.48. The maximum absolute atomic E-state index is 13.1. The van der Waals surface area contributed by atoms with E-state index in [1.165, 1.54) is 6.07 Å². The van der Waals surface area contributed by atoms with Gasteiger partial charge in [-0.25, -0.2) is 0 Å². The van der Waals surface area contributed by atoms with Crippen molar-refractivity contribution in [3.8, 4) is 5.75 Å². The molecule has 0 aliphatic carbocycles. The van der Waals surface area contributed by atoms with Gasteiger partial charge in [0.05, 0.1) is 15.6 Å². The first-order valence-electron chi connectivity index (χ1n) is 12.6. The number of hydrogen-bond acceptors (Lipinski definition) is 4. The van der Waals surface area contributed by atoms with Gasteiger partial charge in [-0.15, -0.1) is 0 Å². The molecule has 4 rings (SSSR count). The van der Waals surface area contributed by atoms with Gasteiger partial charge in [-0.3, -0.25) is 9.69 Å². The molecule has 37 heavy (non-hydrogen) atoms. The van der Waals surface area contributed by atoms with Crippen molar-refractivity contribution in [3.63, 3.8) is 0 Å². The average Bonchev–Trinajstić information content (AvgIpc) is 2.86. The van der Waals surface area contributed by atoms with Gasteiger partial charge in [0.25, 0.3) is 0 Å². The molecule has 0 saturated carbocycles. The molecule has 2 aliphatic heterocycles. The fourth-order valence-electron chi connectivity index (χ4n) is 5.24. The first-order valence-corrected chi connectivity index (χ1v) is 13.3. The van der Waals surface area contributed by atoms with Gasteiger partial charge >= 0.3 is 12.1 Å². The van der Waals surface area contributed by atoms with Crippen LogP contribution in [0, 0.1) is 5.92 Å². The van der Waals surface area contributed by atoms with Gasteiger partial charge in [0.1, 0.15) is 17.9 Å². The molecule has 0 bridgehead atoms. The number of alkyl halides is 3. The van der Waals surface area contributed by atoms with Crippen LogP contribution in [0.1, 0.15) is 36.8 Å². The van der Waals surface area contributed by atoms with E-state index in [4.69, 9.17) is 27.9 Å². The van der Waals surface area contributed by atoms with Crippen molar-refractivity contribution in [2.75, 3.05) is 32.7 Å². The van der Waals surface area contributed by atoms with E-state index in [0.717, 1.165) is 63.2 Å². The molecule has 2 heterocycles. The number of likely N-dealkylation sites (tertiary alicyclic amines) is 2. The molecule has 2 aliphatic rings. The van der Waals surface area contributed by atoms with Crippen LogP contribution in [-0.4, -0.2) is 65.7 Å². The lowest BCUT2D eigenvalue weighted by molar-refractivity contribution is -0.144. The van der Waals surface area contributed by atoms with Crippen LogP contribution in [0.15, 0.2) is 42.5 Å². The number of aliphatic carboxylic acids is 1. The summed E-state index contributed by atoms with van der Waals surface area (Å²) in [5.74, 6) is 0.185. The minimum atomic E-state index is -4.45. The number of nitrogens with zero attached hydrogens (tertiary/aromatic N) is 2. The van der Waals surface area contributed by atoms with Crippen LogP contribution in [-0.2, 0) is 17.4 Å². The maximum atomic E-state index is 13.1. The van der Waals surface area contributed by atoms with Crippen molar-refractivity contribution in [3.05, 3.63) is 63.6 Å². The third-order valence-corrected chi connectivity index (χ3v) is 8.04. The van der Waals surface area contributed by atoms with Crippen LogP contribution in [0.25, 0.3) is 0 Å². The Balaban J connectivity index is 1.23. The molecular weight excluding hydrogens is 528 g/mol. The van der Waals surface area contributed by atoms with Crippen molar-refractivity contribution in [1.82, 2.24) is 9.80 Å². The van der Waals surface area contributed by atoms with Crippen molar-refractivity contribution in [1.29, 1.82) is 0 Å². The summed E-state index contributed by atoms with van der Waals surface area (Å²) < 4.78 is 45.2. The van der Waals surface area contributed by atoms with Gasteiger partial charge in [-0.2, -0.15) is 13.2 Å². The molecule has 0 unspecified atom stereocenters. The van der Waals surface area contributed by atoms with E-state index < -0.39 is 23.8 Å². The molecule has 1 N–H and O–H groups in total. The van der Waals surface area contributed by atoms with Crippen molar-refractivity contribution in [2.45, 2.75) is 50.4 Å². The zero-order valence-corrected chi connectivity index (χ0v) is 21.9. The van der Waals surface area contributed by atoms with Crippen molar-refractivity contribution >= 4 is 29.2 Å². The lowest BCUT2D eigenvalue weighted by atomic mass is 9.93. The molecule has 0 radical (unpaired) electrons. The van der Waals surface area contributed by atoms with E-state index in [0.29, 0.717) is 34.6 Å². The van der Waals surface area contributed by atoms with Gasteiger partial charge in [-0.1, -0.05) is 41.4 Å². The SMILES string of the molecule is O=C(O)[C@H](Cc1cccc(C(F)(F)F)c1)N1CCC(CN2CCC(Oc3ccc(Cl)c(Cl)c3)CC2)CC1. The first-order chi connectivity index (χ1) is 17.6. The number of hydrogen-bond donors (Lipinski definition) is 1. The molecule has 0 spiro atoms. The summed E-state index contributed by atoms with van der Waals surface area (Å²) >= 11 is 12.0. The summed E-state index contributed by atoms with van der Waals surface area (Å²) in [6.07, 6.45) is -0.706. The number of rotatable bonds is 8. The van der Waals surface area contributed by atoms with E-state index in [1.807, 2.05) is 11.0 Å². The number of carbonyl (C=O) groups is 1. The molecule has 2 fully saturated rings. The maximum Gasteiger partial charge on any atom is 0.416 e. The van der Waals surface area contributed by atoms with Crippen LogP contribution in [0.2, 0.25) is 10.0 Å². The molecule has 202 valence electrons. The molecule has 1 atom stereocenters. The second-order valence-corrected chi connectivity index (χ2v) is 10.7. The Bertz CT molecular complexity index is 1070. The minimum Gasteiger partial charge on any atom is -0.490 e. The Morgan fingerprint density at radius 3 is 2.32 bits per heavy atom. The highest BCUT2D eigenvalue weighted by atomic mass is 35.5. The molecule has 10 heteroatoms. The highest BCUT2D eigenvalue weighted by Gasteiger charge is 2.33. The Labute approximate surface area is 225 Å². The summed E-state index contributed by atoms with van der Waals surface area (Å²) in [6.45, 7) is 4.06. The Morgan fingerprint density at radius 2 is 1.70 bits per heavy atom. The van der Waals surface area contributed by atoms with Gasteiger partial charge in [0.2, 0.25) is 0 Å². The molecule has 0 aromatic heterocycles. The standard InChI is InChI=1S/C27H31Cl2F3N2O3/c28-23-5-4-22(16-24(23)29)37-21-8-10-33(11-9-21)17-18-6-12-34(13-7-18)25(26(35)36)15-19-2-1-3-20(14-19)27(30,31)32/h1-5,14,16,18,21,25H,6-13,15,17H2,(H,35,36)/t25-/m0/s1. The summed E-state index contributed by atoms with van der Waals surface area (Å²) in [4.78, 5) is 16.3. The summed E-state index contributed by atoms with van der Waals surface area (Å²) in [6, 6.07) is 9.42. The summed E-state index contributed by atoms with van der Waals surface area (Å²) in [5.41, 5.74) is -0.366. The summed E-state index contributed by atoms with van der Waals surface area (Å²) in [7, 11) is 0. The molecule has 2 aromatic rings. The quantitative estimate of drug-likeness (QED) is 0.414. The van der Waals surface area contributed by atoms with Gasteiger partial charge in [0.15, 0.2) is 0 Å². The van der Waals surface area contributed by atoms with Gasteiger partial charge in [0, 0.05) is 25.7 Å². The average molecular weight is 559 g/mol. The van der Waals surface area contributed by atoms with Gasteiger partial charge in [-0.05, 0) is 74.9 Å². The Kier molecular flexibility index (Phi) is 9.27. The second-order valence-electron chi connectivity index (χ2n) is 9.93. The molecule has 2 saturated heterocycles. The van der Waals surface area contributed by atoms with E-state index >= 15 is 0 Å².